The van der Waals surface area contributed by atoms with Gasteiger partial charge in [0.2, 0.25) is 6.79 Å². The van der Waals surface area contributed by atoms with E-state index < -0.39 is 11.8 Å². The summed E-state index contributed by atoms with van der Waals surface area (Å²) in [4.78, 5) is 12.9. The summed E-state index contributed by atoms with van der Waals surface area (Å²) in [5.74, 6) is -0.931. The monoisotopic (exact) mass is 538 g/mol. The van der Waals surface area contributed by atoms with E-state index in [-0.39, 0.29) is 40.6 Å². The zero-order chi connectivity index (χ0) is 22.4. The summed E-state index contributed by atoms with van der Waals surface area (Å²) in [7, 11) is 0. The number of esters is 1. The average molecular weight is 538 g/mol. The van der Waals surface area contributed by atoms with Crippen molar-refractivity contribution in [3.63, 3.8) is 0 Å². The Kier molecular flexibility index (Phi) is 4.20. The number of anilines is 6. The topological polar surface area (TPSA) is 201 Å². The molecular weight excluding hydrogens is 515 g/mol. The number of carbonyl (C=O) groups excluding carboxylic acids is 1. The molecule has 1 aliphatic carbocycles. The lowest BCUT2D eigenvalue weighted by molar-refractivity contribution is -0.141. The minimum absolute atomic E-state index is 0.0102. The molecule has 4 atom stereocenters. The van der Waals surface area contributed by atoms with Gasteiger partial charge in [0, 0.05) is 27.0 Å². The van der Waals surface area contributed by atoms with Crippen LogP contribution in [0, 0.1) is 18.8 Å². The summed E-state index contributed by atoms with van der Waals surface area (Å²) in [6, 6.07) is 0. The second-order valence-corrected chi connectivity index (χ2v) is 9.45. The van der Waals surface area contributed by atoms with Crippen molar-refractivity contribution in [1.29, 1.82) is 0 Å². The van der Waals surface area contributed by atoms with Crippen LogP contribution >= 0.6 is 22.6 Å². The van der Waals surface area contributed by atoms with Crippen molar-refractivity contribution in [1.82, 2.24) is 0 Å². The largest absolute Gasteiger partial charge is 0.465 e. The zero-order valence-corrected chi connectivity index (χ0v) is 18.9. The lowest BCUT2D eigenvalue weighted by Gasteiger charge is -2.39. The van der Waals surface area contributed by atoms with Gasteiger partial charge in [0.05, 0.1) is 41.0 Å². The summed E-state index contributed by atoms with van der Waals surface area (Å²) >= 11 is 2.28. The van der Waals surface area contributed by atoms with E-state index in [1.54, 1.807) is 6.92 Å². The van der Waals surface area contributed by atoms with Crippen LogP contribution in [-0.2, 0) is 9.53 Å². The predicted octanol–water partition coefficient (Wildman–Crippen LogP) is 1.63. The highest BCUT2D eigenvalue weighted by Gasteiger charge is 2.54. The van der Waals surface area contributed by atoms with E-state index in [4.69, 9.17) is 48.6 Å². The number of cyclic esters (lactones) is 1. The van der Waals surface area contributed by atoms with Crippen LogP contribution in [0.2, 0.25) is 0 Å². The van der Waals surface area contributed by atoms with Crippen molar-refractivity contribution < 1.29 is 19.0 Å². The maximum Gasteiger partial charge on any atom is 0.310 e. The van der Waals surface area contributed by atoms with Gasteiger partial charge in [0.15, 0.2) is 11.5 Å². The molecule has 164 valence electrons. The van der Waals surface area contributed by atoms with Gasteiger partial charge in [-0.15, -0.1) is 0 Å². The Balaban J connectivity index is 1.90. The molecular formula is C20H23IN6O4. The lowest BCUT2D eigenvalue weighted by atomic mass is 9.65. The first kappa shape index (κ1) is 20.0. The summed E-state index contributed by atoms with van der Waals surface area (Å²) in [6.45, 7) is 2.02. The molecule has 31 heavy (non-hydrogen) atoms. The summed E-state index contributed by atoms with van der Waals surface area (Å²) in [5, 5.41) is 0. The Morgan fingerprint density at radius 3 is 2.03 bits per heavy atom. The smallest absolute Gasteiger partial charge is 0.310 e. The molecule has 0 bridgehead atoms. The van der Waals surface area contributed by atoms with Gasteiger partial charge in [-0.05, 0) is 23.6 Å². The minimum atomic E-state index is -0.626. The van der Waals surface area contributed by atoms with Gasteiger partial charge in [-0.2, -0.15) is 0 Å². The van der Waals surface area contributed by atoms with Crippen LogP contribution in [0.5, 0.6) is 11.5 Å². The molecule has 2 heterocycles. The predicted molar refractivity (Wildman–Crippen MR) is 127 cm³/mol. The number of halogens is 1. The Labute approximate surface area is 191 Å². The molecule has 0 aromatic heterocycles. The standard InChI is InChI=1S/C20H23IN6O4/c1-4-12(22)10(14(24)17(27)13(4)23)7-6-5(2-29-20(6)28)11(21)9-8(7)15(25)18-19(16(9)26)31-3-30-18/h5-7,11H,2-3,22-27H2,1H3/t5-,6-,7-,11-/m0/s1. The van der Waals surface area contributed by atoms with Gasteiger partial charge in [0.1, 0.15) is 0 Å². The van der Waals surface area contributed by atoms with Crippen molar-refractivity contribution in [2.24, 2.45) is 11.8 Å². The highest BCUT2D eigenvalue weighted by atomic mass is 127. The molecule has 3 aliphatic rings. The molecule has 2 aromatic carbocycles. The molecule has 5 rings (SSSR count). The quantitative estimate of drug-likeness (QED) is 0.102. The Bertz CT molecular complexity index is 1140. The summed E-state index contributed by atoms with van der Waals surface area (Å²) in [5.41, 5.74) is 42.8. The van der Waals surface area contributed by atoms with Crippen molar-refractivity contribution in [2.45, 2.75) is 16.8 Å². The van der Waals surface area contributed by atoms with E-state index in [9.17, 15) is 4.79 Å². The van der Waals surface area contributed by atoms with Gasteiger partial charge in [-0.25, -0.2) is 0 Å². The molecule has 11 heteroatoms. The summed E-state index contributed by atoms with van der Waals surface area (Å²) < 4.78 is 16.5. The average Bonchev–Trinajstić information content (AvgIpc) is 3.38. The van der Waals surface area contributed by atoms with E-state index >= 15 is 0 Å². The molecule has 0 spiro atoms. The molecule has 1 saturated heterocycles. The fourth-order valence-corrected chi connectivity index (χ4v) is 6.41. The number of hydrogen-bond acceptors (Lipinski definition) is 10. The number of benzene rings is 2. The van der Waals surface area contributed by atoms with Crippen LogP contribution in [0.4, 0.5) is 34.1 Å². The van der Waals surface area contributed by atoms with Crippen molar-refractivity contribution >= 4 is 62.7 Å². The SMILES string of the molecule is Cc1c(N)c(N)c(N)c([C@@H]2c3c(N)c4c(c(N)c3[C@@H](I)[C@H]3COC(=O)[C@H]23)OCO4)c1N. The third-order valence-electron chi connectivity index (χ3n) is 6.73. The Morgan fingerprint density at radius 2 is 1.39 bits per heavy atom. The van der Waals surface area contributed by atoms with Crippen LogP contribution in [0.15, 0.2) is 0 Å². The number of nitrogens with two attached hydrogens (primary N) is 6. The minimum Gasteiger partial charge on any atom is -0.465 e. The van der Waals surface area contributed by atoms with Crippen molar-refractivity contribution in [3.8, 4) is 11.5 Å². The lowest BCUT2D eigenvalue weighted by Crippen LogP contribution is -2.35. The maximum absolute atomic E-state index is 12.9. The molecule has 12 N–H and O–H groups in total. The summed E-state index contributed by atoms with van der Waals surface area (Å²) in [6.07, 6.45) is 0. The van der Waals surface area contributed by atoms with Crippen LogP contribution in [-0.4, -0.2) is 19.4 Å². The Hall–Kier alpha value is -2.96. The fraction of sp³-hybridized carbons (Fsp3) is 0.350. The first-order valence-corrected chi connectivity index (χ1v) is 10.9. The second-order valence-electron chi connectivity index (χ2n) is 8.11. The molecule has 10 nitrogen and oxygen atoms in total. The maximum atomic E-state index is 12.9. The number of carbonyl (C=O) groups is 1. The van der Waals surface area contributed by atoms with E-state index in [2.05, 4.69) is 22.6 Å². The first-order chi connectivity index (χ1) is 14.7. The molecule has 0 saturated carbocycles. The molecule has 0 amide bonds. The van der Waals surface area contributed by atoms with Gasteiger partial charge in [-0.1, -0.05) is 22.6 Å². The number of nitrogen functional groups attached to an aromatic ring is 6. The van der Waals surface area contributed by atoms with Crippen molar-refractivity contribution in [3.05, 3.63) is 22.3 Å². The van der Waals surface area contributed by atoms with Gasteiger partial charge < -0.3 is 48.6 Å². The van der Waals surface area contributed by atoms with Gasteiger partial charge in [0.25, 0.3) is 0 Å². The number of rotatable bonds is 1. The van der Waals surface area contributed by atoms with E-state index in [1.807, 2.05) is 0 Å². The van der Waals surface area contributed by atoms with Gasteiger partial charge >= 0.3 is 5.97 Å². The molecule has 2 aromatic rings. The molecule has 0 radical (unpaired) electrons. The van der Waals surface area contributed by atoms with E-state index in [0.29, 0.717) is 50.9 Å². The first-order valence-electron chi connectivity index (χ1n) is 9.70. The number of alkyl halides is 1. The third kappa shape index (κ3) is 2.40. The zero-order valence-electron chi connectivity index (χ0n) is 16.7. The number of fused-ring (bicyclic) bond motifs is 3. The van der Waals surface area contributed by atoms with E-state index in [0.717, 1.165) is 5.56 Å². The number of ether oxygens (including phenoxy) is 3. The molecule has 0 unspecified atom stereocenters. The fourth-order valence-electron chi connectivity index (χ4n) is 5.09. The second kappa shape index (κ2) is 6.52. The van der Waals surface area contributed by atoms with Crippen LogP contribution in [0.3, 0.4) is 0 Å². The molecule has 1 fully saturated rings. The van der Waals surface area contributed by atoms with Crippen LogP contribution in [0.1, 0.15) is 32.1 Å². The normalized spacial score (nSPS) is 25.8. The van der Waals surface area contributed by atoms with Crippen LogP contribution in [0.25, 0.3) is 0 Å². The highest BCUT2D eigenvalue weighted by molar-refractivity contribution is 14.1. The van der Waals surface area contributed by atoms with Crippen molar-refractivity contribution in [2.75, 3.05) is 47.8 Å². The number of hydrogen-bond donors (Lipinski definition) is 6. The molecule has 2 aliphatic heterocycles. The highest BCUT2D eigenvalue weighted by Crippen LogP contribution is 2.63. The Morgan fingerprint density at radius 1 is 0.774 bits per heavy atom. The van der Waals surface area contributed by atoms with Crippen LogP contribution < -0.4 is 43.9 Å². The third-order valence-corrected chi connectivity index (χ3v) is 8.27. The van der Waals surface area contributed by atoms with Gasteiger partial charge in [-0.3, -0.25) is 4.79 Å². The van der Waals surface area contributed by atoms with E-state index in [1.165, 1.54) is 0 Å².